The van der Waals surface area contributed by atoms with E-state index in [0.29, 0.717) is 12.3 Å². The van der Waals surface area contributed by atoms with E-state index < -0.39 is 17.3 Å². The molecule has 4 fully saturated rings. The highest BCUT2D eigenvalue weighted by Gasteiger charge is 2.68. The van der Waals surface area contributed by atoms with Crippen molar-refractivity contribution in [2.75, 3.05) is 0 Å². The van der Waals surface area contributed by atoms with E-state index in [9.17, 15) is 24.6 Å². The number of aliphatic hydroxyl groups is 1. The fraction of sp³-hybridized carbons (Fsp3) is 0.857. The molecule has 0 aromatic rings. The molecule has 0 heterocycles. The molecule has 4 saturated carbocycles. The highest BCUT2D eigenvalue weighted by molar-refractivity contribution is 5.95. The summed E-state index contributed by atoms with van der Waals surface area (Å²) in [6.45, 7) is 3.68. The van der Waals surface area contributed by atoms with Crippen LogP contribution >= 0.6 is 0 Å². The second-order valence-electron chi connectivity index (χ2n) is 9.69. The van der Waals surface area contributed by atoms with Crippen LogP contribution in [0.2, 0.25) is 0 Å². The molecule has 0 radical (unpaired) electrons. The van der Waals surface area contributed by atoms with Crippen molar-refractivity contribution >= 4 is 17.5 Å². The number of fused-ring (bicyclic) bond motifs is 5. The Hall–Kier alpha value is -1.23. The van der Waals surface area contributed by atoms with E-state index in [1.807, 2.05) is 0 Å². The van der Waals surface area contributed by atoms with Crippen molar-refractivity contribution < 1.29 is 24.6 Å². The third-order valence-corrected chi connectivity index (χ3v) is 8.76. The SMILES string of the molecule is CC(=O)[C@H]1CC[C@H]2[C@@H]3CC[C@@H]4C[C@H](O)CC[C@]4(C)[C@H]3C(=O)C[C@]12C(=O)O. The molecule has 0 aliphatic heterocycles. The average molecular weight is 362 g/mol. The van der Waals surface area contributed by atoms with E-state index in [1.54, 1.807) is 0 Å². The van der Waals surface area contributed by atoms with Crippen LogP contribution in [0.15, 0.2) is 0 Å². The van der Waals surface area contributed by atoms with Crippen LogP contribution in [0, 0.1) is 40.4 Å². The van der Waals surface area contributed by atoms with Crippen LogP contribution in [-0.4, -0.2) is 33.9 Å². The standard InChI is InChI=1S/C21H30O5/c1-11(22)15-5-6-16-14-4-3-12-9-13(23)7-8-20(12,2)18(14)17(24)10-21(15,16)19(25)26/h12-16,18,23H,3-10H2,1-2H3,(H,25,26)/t12-,13-,14+,15-,16+,18-,20+,21+/m1/s1. The van der Waals surface area contributed by atoms with Crippen molar-refractivity contribution in [3.63, 3.8) is 0 Å². The maximum atomic E-state index is 13.4. The summed E-state index contributed by atoms with van der Waals surface area (Å²) in [6, 6.07) is 0. The lowest BCUT2D eigenvalue weighted by Crippen LogP contribution is -2.60. The number of ketones is 2. The molecule has 5 heteroatoms. The second kappa shape index (κ2) is 5.88. The minimum Gasteiger partial charge on any atom is -0.481 e. The molecule has 5 nitrogen and oxygen atoms in total. The van der Waals surface area contributed by atoms with E-state index in [0.717, 1.165) is 38.5 Å². The van der Waals surface area contributed by atoms with Crippen LogP contribution in [0.1, 0.15) is 65.2 Å². The summed E-state index contributed by atoms with van der Waals surface area (Å²) in [5.41, 5.74) is -1.31. The molecule has 0 aromatic carbocycles. The summed E-state index contributed by atoms with van der Waals surface area (Å²) in [6.07, 6.45) is 5.24. The zero-order valence-electron chi connectivity index (χ0n) is 15.7. The summed E-state index contributed by atoms with van der Waals surface area (Å²) in [4.78, 5) is 37.9. The summed E-state index contributed by atoms with van der Waals surface area (Å²) in [7, 11) is 0. The lowest BCUT2D eigenvalue weighted by molar-refractivity contribution is -0.180. The van der Waals surface area contributed by atoms with Crippen LogP contribution in [0.4, 0.5) is 0 Å². The van der Waals surface area contributed by atoms with Crippen molar-refractivity contribution in [2.24, 2.45) is 40.4 Å². The quantitative estimate of drug-likeness (QED) is 0.788. The Bertz CT molecular complexity index is 657. The fourth-order valence-electron chi connectivity index (χ4n) is 7.66. The van der Waals surface area contributed by atoms with Gasteiger partial charge in [-0.2, -0.15) is 0 Å². The molecule has 2 N–H and O–H groups in total. The summed E-state index contributed by atoms with van der Waals surface area (Å²) >= 11 is 0. The minimum atomic E-state index is -1.18. The summed E-state index contributed by atoms with van der Waals surface area (Å²) in [5, 5.41) is 20.2. The first-order valence-electron chi connectivity index (χ1n) is 10.2. The minimum absolute atomic E-state index is 0.0171. The molecule has 0 saturated heterocycles. The van der Waals surface area contributed by atoms with Gasteiger partial charge < -0.3 is 10.2 Å². The third-order valence-electron chi connectivity index (χ3n) is 8.76. The molecule has 4 rings (SSSR count). The Kier molecular flexibility index (Phi) is 4.11. The number of Topliss-reactive ketones (excluding diaryl/α,β-unsaturated/α-hetero) is 2. The van der Waals surface area contributed by atoms with Gasteiger partial charge in [0.15, 0.2) is 0 Å². The first kappa shape index (κ1) is 18.1. The zero-order chi connectivity index (χ0) is 18.9. The average Bonchev–Trinajstić information content (AvgIpc) is 2.96. The normalized spacial score (nSPS) is 50.5. The lowest BCUT2D eigenvalue weighted by atomic mass is 9.44. The topological polar surface area (TPSA) is 91.7 Å². The number of carboxylic acids is 1. The van der Waals surface area contributed by atoms with Gasteiger partial charge in [-0.25, -0.2) is 0 Å². The van der Waals surface area contributed by atoms with Crippen LogP contribution in [0.3, 0.4) is 0 Å². The van der Waals surface area contributed by atoms with Gasteiger partial charge in [-0.3, -0.25) is 14.4 Å². The van der Waals surface area contributed by atoms with Gasteiger partial charge >= 0.3 is 5.97 Å². The molecule has 0 unspecified atom stereocenters. The molecule has 8 atom stereocenters. The molecule has 0 bridgehead atoms. The van der Waals surface area contributed by atoms with Gasteiger partial charge in [0.1, 0.15) is 11.6 Å². The van der Waals surface area contributed by atoms with Crippen molar-refractivity contribution in [1.82, 2.24) is 0 Å². The van der Waals surface area contributed by atoms with E-state index >= 15 is 0 Å². The van der Waals surface area contributed by atoms with Crippen LogP contribution in [-0.2, 0) is 14.4 Å². The van der Waals surface area contributed by atoms with Gasteiger partial charge in [-0.1, -0.05) is 6.92 Å². The van der Waals surface area contributed by atoms with Gasteiger partial charge in [0.2, 0.25) is 0 Å². The van der Waals surface area contributed by atoms with Crippen molar-refractivity contribution in [1.29, 1.82) is 0 Å². The summed E-state index contributed by atoms with van der Waals surface area (Å²) in [5.74, 6) is -1.23. The molecule has 26 heavy (non-hydrogen) atoms. The molecule has 144 valence electrons. The third kappa shape index (κ3) is 2.22. The molecular formula is C21H30O5. The number of hydrogen-bond donors (Lipinski definition) is 2. The lowest BCUT2D eigenvalue weighted by Gasteiger charge is -2.59. The van der Waals surface area contributed by atoms with Gasteiger partial charge in [0.05, 0.1) is 11.5 Å². The second-order valence-corrected chi connectivity index (χ2v) is 9.69. The number of hydrogen-bond acceptors (Lipinski definition) is 4. The van der Waals surface area contributed by atoms with Crippen molar-refractivity contribution in [2.45, 2.75) is 71.3 Å². The number of carboxylic acid groups (broad SMARTS) is 1. The Morgan fingerprint density at radius 3 is 2.50 bits per heavy atom. The monoisotopic (exact) mass is 362 g/mol. The zero-order valence-corrected chi connectivity index (χ0v) is 15.7. The van der Waals surface area contributed by atoms with Gasteiger partial charge in [-0.15, -0.1) is 0 Å². The Morgan fingerprint density at radius 1 is 1.12 bits per heavy atom. The molecule has 4 aliphatic carbocycles. The molecular weight excluding hydrogens is 332 g/mol. The van der Waals surface area contributed by atoms with Gasteiger partial charge in [0.25, 0.3) is 0 Å². The first-order valence-corrected chi connectivity index (χ1v) is 10.2. The van der Waals surface area contributed by atoms with E-state index in [4.69, 9.17) is 0 Å². The van der Waals surface area contributed by atoms with Crippen LogP contribution < -0.4 is 0 Å². The number of rotatable bonds is 2. The molecule has 0 spiro atoms. The van der Waals surface area contributed by atoms with Crippen molar-refractivity contribution in [3.05, 3.63) is 0 Å². The largest absolute Gasteiger partial charge is 0.481 e. The molecule has 0 aromatic heterocycles. The maximum Gasteiger partial charge on any atom is 0.311 e. The molecule has 4 aliphatic rings. The van der Waals surface area contributed by atoms with Gasteiger partial charge in [0, 0.05) is 18.3 Å². The van der Waals surface area contributed by atoms with E-state index in [-0.39, 0.29) is 47.3 Å². The number of carbonyl (C=O) groups excluding carboxylic acids is 2. The van der Waals surface area contributed by atoms with Crippen LogP contribution in [0.5, 0.6) is 0 Å². The fourth-order valence-corrected chi connectivity index (χ4v) is 7.66. The smallest absolute Gasteiger partial charge is 0.311 e. The Balaban J connectivity index is 1.74. The Labute approximate surface area is 154 Å². The maximum absolute atomic E-state index is 13.4. The van der Waals surface area contributed by atoms with E-state index in [2.05, 4.69) is 6.92 Å². The highest BCUT2D eigenvalue weighted by Crippen LogP contribution is 2.66. The predicted molar refractivity (Wildman–Crippen MR) is 94.3 cm³/mol. The van der Waals surface area contributed by atoms with Crippen LogP contribution in [0.25, 0.3) is 0 Å². The highest BCUT2D eigenvalue weighted by atomic mass is 16.4. The van der Waals surface area contributed by atoms with E-state index in [1.165, 1.54) is 6.92 Å². The first-order chi connectivity index (χ1) is 12.2. The number of carbonyl (C=O) groups is 3. The molecule has 0 amide bonds. The predicted octanol–water partition coefficient (Wildman–Crippen LogP) is 2.84. The van der Waals surface area contributed by atoms with Gasteiger partial charge in [-0.05, 0) is 75.0 Å². The number of aliphatic hydroxyl groups excluding tert-OH is 1. The Morgan fingerprint density at radius 2 is 1.85 bits per heavy atom. The van der Waals surface area contributed by atoms with Crippen molar-refractivity contribution in [3.8, 4) is 0 Å². The number of aliphatic carboxylic acids is 1. The summed E-state index contributed by atoms with van der Waals surface area (Å²) < 4.78 is 0.